The van der Waals surface area contributed by atoms with Gasteiger partial charge in [-0.25, -0.2) is 8.78 Å². The number of aryl methyl sites for hydroxylation is 1. The van der Waals surface area contributed by atoms with Crippen LogP contribution in [0.1, 0.15) is 22.3 Å². The molecular weight excluding hydrogens is 274 g/mol. The molecule has 19 heavy (non-hydrogen) atoms. The highest BCUT2D eigenvalue weighted by atomic mass is 32.1. The summed E-state index contributed by atoms with van der Waals surface area (Å²) in [6.07, 6.45) is 0.514. The lowest BCUT2D eigenvalue weighted by Crippen LogP contribution is -2.15. The van der Waals surface area contributed by atoms with Crippen molar-refractivity contribution in [2.24, 2.45) is 0 Å². The molecule has 0 aliphatic carbocycles. The van der Waals surface area contributed by atoms with E-state index in [1.54, 1.807) is 0 Å². The van der Waals surface area contributed by atoms with Gasteiger partial charge in [0.05, 0.1) is 11.4 Å². The number of hydrogen-bond donors (Lipinski definition) is 2. The summed E-state index contributed by atoms with van der Waals surface area (Å²) >= 11 is 0.887. The van der Waals surface area contributed by atoms with Gasteiger partial charge >= 0.3 is 0 Å². The lowest BCUT2D eigenvalue weighted by molar-refractivity contribution is 0.102. The first-order valence-corrected chi connectivity index (χ1v) is 6.18. The van der Waals surface area contributed by atoms with Gasteiger partial charge in [0, 0.05) is 0 Å². The number of halogens is 2. The molecule has 0 radical (unpaired) electrons. The molecule has 0 bridgehead atoms. The summed E-state index contributed by atoms with van der Waals surface area (Å²) in [6, 6.07) is 2.08. The number of nitrogens with zero attached hydrogens (tertiary/aromatic N) is 2. The van der Waals surface area contributed by atoms with Crippen LogP contribution in [0.3, 0.4) is 0 Å². The molecule has 0 saturated heterocycles. The number of carbonyl (C=O) groups excluding carboxylic acids is 1. The largest absolute Gasteiger partial charge is 0.397 e. The van der Waals surface area contributed by atoms with Crippen LogP contribution in [-0.2, 0) is 6.42 Å². The molecule has 0 unspecified atom stereocenters. The molecule has 1 heterocycles. The quantitative estimate of drug-likeness (QED) is 0.847. The van der Waals surface area contributed by atoms with E-state index in [0.717, 1.165) is 17.6 Å². The van der Waals surface area contributed by atoms with Crippen LogP contribution >= 0.6 is 11.5 Å². The molecule has 100 valence electrons. The van der Waals surface area contributed by atoms with E-state index in [0.29, 0.717) is 12.1 Å². The van der Waals surface area contributed by atoms with Crippen LogP contribution in [0.5, 0.6) is 0 Å². The molecule has 5 nitrogen and oxygen atoms in total. The van der Waals surface area contributed by atoms with Crippen LogP contribution < -0.4 is 11.1 Å². The highest BCUT2D eigenvalue weighted by Gasteiger charge is 2.19. The Bertz CT molecular complexity index is 629. The summed E-state index contributed by atoms with van der Waals surface area (Å²) in [6.45, 7) is 1.81. The third kappa shape index (κ3) is 2.53. The van der Waals surface area contributed by atoms with Gasteiger partial charge in [-0.15, -0.1) is 5.10 Å². The Morgan fingerprint density at radius 1 is 1.47 bits per heavy atom. The van der Waals surface area contributed by atoms with Crippen LogP contribution in [0.25, 0.3) is 0 Å². The van der Waals surface area contributed by atoms with Gasteiger partial charge in [0.2, 0.25) is 0 Å². The Morgan fingerprint density at radius 2 is 2.21 bits per heavy atom. The van der Waals surface area contributed by atoms with Gasteiger partial charge in [0.25, 0.3) is 5.91 Å². The number of nitrogen functional groups attached to an aromatic ring is 1. The standard InChI is InChI=1S/C11H10F2N4OS/c1-2-7-10(19-17-16-7)11(18)15-9-6(14)4-3-5(12)8(9)13/h3-4H,2,14H2,1H3,(H,15,18). The Kier molecular flexibility index (Phi) is 3.70. The predicted molar refractivity (Wildman–Crippen MR) is 68.0 cm³/mol. The first kappa shape index (κ1) is 13.3. The Morgan fingerprint density at radius 3 is 2.89 bits per heavy atom. The van der Waals surface area contributed by atoms with Crippen molar-refractivity contribution in [3.05, 3.63) is 34.3 Å². The lowest BCUT2D eigenvalue weighted by atomic mass is 10.2. The third-order valence-corrected chi connectivity index (χ3v) is 3.23. The average molecular weight is 284 g/mol. The van der Waals surface area contributed by atoms with Crippen LogP contribution in [-0.4, -0.2) is 15.5 Å². The van der Waals surface area contributed by atoms with Crippen molar-refractivity contribution in [2.45, 2.75) is 13.3 Å². The van der Waals surface area contributed by atoms with Crippen molar-refractivity contribution in [3.63, 3.8) is 0 Å². The lowest BCUT2D eigenvalue weighted by Gasteiger charge is -2.09. The maximum absolute atomic E-state index is 13.5. The Hall–Kier alpha value is -2.09. The van der Waals surface area contributed by atoms with Gasteiger partial charge in [-0.1, -0.05) is 11.4 Å². The molecule has 1 amide bonds. The van der Waals surface area contributed by atoms with Gasteiger partial charge < -0.3 is 11.1 Å². The van der Waals surface area contributed by atoms with Crippen molar-refractivity contribution in [3.8, 4) is 0 Å². The maximum Gasteiger partial charge on any atom is 0.269 e. The normalized spacial score (nSPS) is 10.5. The SMILES string of the molecule is CCc1nnsc1C(=O)Nc1c(N)ccc(F)c1F. The molecule has 2 rings (SSSR count). The molecule has 8 heteroatoms. The van der Waals surface area contributed by atoms with E-state index < -0.39 is 17.5 Å². The van der Waals surface area contributed by atoms with E-state index >= 15 is 0 Å². The molecule has 3 N–H and O–H groups in total. The molecule has 1 aromatic heterocycles. The minimum Gasteiger partial charge on any atom is -0.397 e. The number of aromatic nitrogens is 2. The van der Waals surface area contributed by atoms with Gasteiger partial charge in [0.15, 0.2) is 11.6 Å². The van der Waals surface area contributed by atoms with Gasteiger partial charge in [-0.3, -0.25) is 4.79 Å². The topological polar surface area (TPSA) is 80.9 Å². The summed E-state index contributed by atoms with van der Waals surface area (Å²) in [5.41, 5.74) is 5.58. The molecule has 0 fully saturated rings. The van der Waals surface area contributed by atoms with Crippen molar-refractivity contribution in [1.82, 2.24) is 9.59 Å². The van der Waals surface area contributed by atoms with Crippen molar-refractivity contribution in [2.75, 3.05) is 11.1 Å². The van der Waals surface area contributed by atoms with Crippen LogP contribution in [0.2, 0.25) is 0 Å². The number of hydrogen-bond acceptors (Lipinski definition) is 5. The first-order valence-electron chi connectivity index (χ1n) is 5.40. The molecule has 0 spiro atoms. The number of anilines is 2. The molecule has 1 aromatic carbocycles. The molecule has 0 atom stereocenters. The average Bonchev–Trinajstić information content (AvgIpc) is 2.87. The highest BCUT2D eigenvalue weighted by Crippen LogP contribution is 2.25. The minimum absolute atomic E-state index is 0.0530. The molecular formula is C11H10F2N4OS. The van der Waals surface area contributed by atoms with E-state index in [9.17, 15) is 13.6 Å². The number of nitrogens with two attached hydrogens (primary N) is 1. The summed E-state index contributed by atoms with van der Waals surface area (Å²) in [5, 5.41) is 6.02. The number of benzene rings is 1. The molecule has 2 aromatic rings. The first-order chi connectivity index (χ1) is 9.04. The number of nitrogens with one attached hydrogen (secondary N) is 1. The van der Waals surface area contributed by atoms with E-state index in [1.807, 2.05) is 6.92 Å². The van der Waals surface area contributed by atoms with E-state index in [-0.39, 0.29) is 16.3 Å². The third-order valence-electron chi connectivity index (χ3n) is 2.46. The molecule has 0 aliphatic heterocycles. The van der Waals surface area contributed by atoms with E-state index in [1.165, 1.54) is 6.07 Å². The summed E-state index contributed by atoms with van der Waals surface area (Å²) in [4.78, 5) is 12.2. The zero-order chi connectivity index (χ0) is 14.0. The van der Waals surface area contributed by atoms with Gasteiger partial charge in [-0.2, -0.15) is 0 Å². The van der Waals surface area contributed by atoms with Gasteiger partial charge in [-0.05, 0) is 30.1 Å². The zero-order valence-corrected chi connectivity index (χ0v) is 10.7. The summed E-state index contributed by atoms with van der Waals surface area (Å²) in [5.74, 6) is -2.88. The minimum atomic E-state index is -1.19. The second-order valence-corrected chi connectivity index (χ2v) is 4.44. The van der Waals surface area contributed by atoms with Crippen LogP contribution in [0.4, 0.5) is 20.2 Å². The number of carbonyl (C=O) groups is 1. The molecule has 0 aliphatic rings. The van der Waals surface area contributed by atoms with E-state index in [4.69, 9.17) is 5.73 Å². The highest BCUT2D eigenvalue weighted by molar-refractivity contribution is 7.08. The van der Waals surface area contributed by atoms with Gasteiger partial charge in [0.1, 0.15) is 10.6 Å². The maximum atomic E-state index is 13.5. The molecule has 0 saturated carbocycles. The second kappa shape index (κ2) is 5.27. The fraction of sp³-hybridized carbons (Fsp3) is 0.182. The Balaban J connectivity index is 2.32. The predicted octanol–water partition coefficient (Wildman–Crippen LogP) is 2.21. The monoisotopic (exact) mass is 284 g/mol. The van der Waals surface area contributed by atoms with Crippen LogP contribution in [0.15, 0.2) is 12.1 Å². The number of rotatable bonds is 3. The fourth-order valence-corrected chi connectivity index (χ4v) is 2.12. The van der Waals surface area contributed by atoms with Crippen molar-refractivity contribution >= 4 is 28.8 Å². The van der Waals surface area contributed by atoms with E-state index in [2.05, 4.69) is 14.9 Å². The van der Waals surface area contributed by atoms with Crippen LogP contribution in [0, 0.1) is 11.6 Å². The Labute approximate surface area is 111 Å². The smallest absolute Gasteiger partial charge is 0.269 e. The number of amides is 1. The van der Waals surface area contributed by atoms with Crippen molar-refractivity contribution in [1.29, 1.82) is 0 Å². The zero-order valence-electron chi connectivity index (χ0n) is 9.91. The van der Waals surface area contributed by atoms with Crippen molar-refractivity contribution < 1.29 is 13.6 Å². The second-order valence-electron chi connectivity index (χ2n) is 3.68. The fourth-order valence-electron chi connectivity index (χ4n) is 1.48. The summed E-state index contributed by atoms with van der Waals surface area (Å²) < 4.78 is 30.3. The summed E-state index contributed by atoms with van der Waals surface area (Å²) in [7, 11) is 0.